The summed E-state index contributed by atoms with van der Waals surface area (Å²) in [5, 5.41) is 10.5. The molecule has 2 aromatic heterocycles. The Bertz CT molecular complexity index is 575. The van der Waals surface area contributed by atoms with Gasteiger partial charge in [-0.05, 0) is 47.1 Å². The van der Waals surface area contributed by atoms with Gasteiger partial charge in [0.05, 0.1) is 11.6 Å². The SMILES string of the molecule is Cc1cc(C#N)cc(Sc2ccc(Br)cn2)n1. The van der Waals surface area contributed by atoms with E-state index in [1.807, 2.05) is 19.1 Å². The molecule has 0 unspecified atom stereocenters. The van der Waals surface area contributed by atoms with E-state index < -0.39 is 0 Å². The van der Waals surface area contributed by atoms with E-state index in [2.05, 4.69) is 32.0 Å². The minimum absolute atomic E-state index is 0.622. The van der Waals surface area contributed by atoms with Crippen LogP contribution in [-0.4, -0.2) is 9.97 Å². The number of pyridine rings is 2. The van der Waals surface area contributed by atoms with Gasteiger partial charge in [-0.2, -0.15) is 5.26 Å². The van der Waals surface area contributed by atoms with Gasteiger partial charge in [0.2, 0.25) is 0 Å². The first-order valence-corrected chi connectivity index (χ1v) is 6.46. The lowest BCUT2D eigenvalue weighted by atomic mass is 10.2. The van der Waals surface area contributed by atoms with Gasteiger partial charge in [0.15, 0.2) is 0 Å². The summed E-state index contributed by atoms with van der Waals surface area (Å²) < 4.78 is 0.941. The van der Waals surface area contributed by atoms with Crippen LogP contribution in [0, 0.1) is 18.3 Å². The van der Waals surface area contributed by atoms with Crippen molar-refractivity contribution in [1.29, 1.82) is 5.26 Å². The van der Waals surface area contributed by atoms with Crippen LogP contribution < -0.4 is 0 Å². The number of hydrogen-bond acceptors (Lipinski definition) is 4. The summed E-state index contributed by atoms with van der Waals surface area (Å²) in [4.78, 5) is 8.61. The van der Waals surface area contributed by atoms with Crippen LogP contribution in [0.25, 0.3) is 0 Å². The molecule has 0 aromatic carbocycles. The van der Waals surface area contributed by atoms with Crippen molar-refractivity contribution in [3.63, 3.8) is 0 Å². The number of halogens is 1. The van der Waals surface area contributed by atoms with E-state index in [9.17, 15) is 0 Å². The second-order valence-corrected chi connectivity index (χ2v) is 5.32. The molecule has 2 rings (SSSR count). The molecular formula is C12H8BrN3S. The zero-order chi connectivity index (χ0) is 12.3. The largest absolute Gasteiger partial charge is 0.248 e. The summed E-state index contributed by atoms with van der Waals surface area (Å²) in [6, 6.07) is 9.48. The Kier molecular flexibility index (Phi) is 3.77. The van der Waals surface area contributed by atoms with Crippen LogP contribution in [0.1, 0.15) is 11.3 Å². The molecular weight excluding hydrogens is 298 g/mol. The predicted octanol–water partition coefficient (Wildman–Crippen LogP) is 3.57. The van der Waals surface area contributed by atoms with Gasteiger partial charge in [0, 0.05) is 16.4 Å². The van der Waals surface area contributed by atoms with Crippen molar-refractivity contribution in [2.75, 3.05) is 0 Å². The molecule has 84 valence electrons. The van der Waals surface area contributed by atoms with E-state index >= 15 is 0 Å². The van der Waals surface area contributed by atoms with Crippen LogP contribution >= 0.6 is 27.7 Å². The highest BCUT2D eigenvalue weighted by Crippen LogP contribution is 2.25. The van der Waals surface area contributed by atoms with Gasteiger partial charge in [-0.15, -0.1) is 0 Å². The minimum Gasteiger partial charge on any atom is -0.248 e. The van der Waals surface area contributed by atoms with E-state index in [-0.39, 0.29) is 0 Å². The smallest absolute Gasteiger partial charge is 0.104 e. The van der Waals surface area contributed by atoms with E-state index in [0.29, 0.717) is 5.56 Å². The Hall–Kier alpha value is -1.38. The van der Waals surface area contributed by atoms with E-state index in [4.69, 9.17) is 5.26 Å². The summed E-state index contributed by atoms with van der Waals surface area (Å²) in [5.74, 6) is 0. The van der Waals surface area contributed by atoms with E-state index in [1.54, 1.807) is 18.3 Å². The van der Waals surface area contributed by atoms with Crippen LogP contribution in [0.4, 0.5) is 0 Å². The molecule has 0 aliphatic heterocycles. The molecule has 17 heavy (non-hydrogen) atoms. The normalized spacial score (nSPS) is 9.94. The summed E-state index contributed by atoms with van der Waals surface area (Å²) in [5.41, 5.74) is 1.46. The quantitative estimate of drug-likeness (QED) is 0.851. The van der Waals surface area contributed by atoms with Crippen molar-refractivity contribution in [3.05, 3.63) is 46.2 Å². The van der Waals surface area contributed by atoms with Gasteiger partial charge >= 0.3 is 0 Å². The molecule has 0 fully saturated rings. The molecule has 0 bridgehead atoms. The van der Waals surface area contributed by atoms with Crippen molar-refractivity contribution >= 4 is 27.7 Å². The standard InChI is InChI=1S/C12H8BrN3S/c1-8-4-9(6-14)5-12(16-8)17-11-3-2-10(13)7-15-11/h2-5,7H,1H3. The Morgan fingerprint density at radius 1 is 1.29 bits per heavy atom. The maximum Gasteiger partial charge on any atom is 0.104 e. The number of aromatic nitrogens is 2. The van der Waals surface area contributed by atoms with Crippen molar-refractivity contribution in [3.8, 4) is 6.07 Å². The predicted molar refractivity (Wildman–Crippen MR) is 69.7 cm³/mol. The van der Waals surface area contributed by atoms with Crippen molar-refractivity contribution in [1.82, 2.24) is 9.97 Å². The number of nitriles is 1. The molecule has 5 heteroatoms. The van der Waals surface area contributed by atoms with Crippen LogP contribution in [-0.2, 0) is 0 Å². The third-order valence-electron chi connectivity index (χ3n) is 1.97. The molecule has 0 saturated heterocycles. The lowest BCUT2D eigenvalue weighted by Crippen LogP contribution is -1.88. The summed E-state index contributed by atoms with van der Waals surface area (Å²) >= 11 is 4.78. The van der Waals surface area contributed by atoms with E-state index in [1.165, 1.54) is 11.8 Å². The maximum absolute atomic E-state index is 8.88. The van der Waals surface area contributed by atoms with Crippen molar-refractivity contribution in [2.24, 2.45) is 0 Å². The lowest BCUT2D eigenvalue weighted by Gasteiger charge is -2.02. The lowest BCUT2D eigenvalue weighted by molar-refractivity contribution is 1.04. The average Bonchev–Trinajstić information content (AvgIpc) is 2.31. The summed E-state index contributed by atoms with van der Waals surface area (Å²) in [7, 11) is 0. The van der Waals surface area contributed by atoms with Gasteiger partial charge in [0.1, 0.15) is 10.1 Å². The van der Waals surface area contributed by atoms with Gasteiger partial charge < -0.3 is 0 Å². The third kappa shape index (κ3) is 3.29. The monoisotopic (exact) mass is 305 g/mol. The molecule has 0 atom stereocenters. The fourth-order valence-electron chi connectivity index (χ4n) is 1.28. The van der Waals surface area contributed by atoms with E-state index in [0.717, 1.165) is 20.2 Å². The second-order valence-electron chi connectivity index (χ2n) is 3.36. The molecule has 0 spiro atoms. The first-order chi connectivity index (χ1) is 8.17. The fraction of sp³-hybridized carbons (Fsp3) is 0.0833. The highest BCUT2D eigenvalue weighted by molar-refractivity contribution is 9.10. The second kappa shape index (κ2) is 5.30. The van der Waals surface area contributed by atoms with Gasteiger partial charge in [0.25, 0.3) is 0 Å². The number of rotatable bonds is 2. The Balaban J connectivity index is 2.27. The van der Waals surface area contributed by atoms with Gasteiger partial charge in [-0.3, -0.25) is 0 Å². The summed E-state index contributed by atoms with van der Waals surface area (Å²) in [6.45, 7) is 1.87. The van der Waals surface area contributed by atoms with Crippen molar-refractivity contribution in [2.45, 2.75) is 17.0 Å². The number of hydrogen-bond donors (Lipinski definition) is 0. The van der Waals surface area contributed by atoms with Gasteiger partial charge in [-0.25, -0.2) is 9.97 Å². The van der Waals surface area contributed by atoms with Crippen LogP contribution in [0.3, 0.4) is 0 Å². The Labute approximate surface area is 112 Å². The molecule has 0 aliphatic carbocycles. The summed E-state index contributed by atoms with van der Waals surface area (Å²) in [6.07, 6.45) is 1.74. The topological polar surface area (TPSA) is 49.6 Å². The zero-order valence-corrected chi connectivity index (χ0v) is 11.4. The fourth-order valence-corrected chi connectivity index (χ4v) is 2.35. The van der Waals surface area contributed by atoms with Gasteiger partial charge in [-0.1, -0.05) is 11.8 Å². The molecule has 2 aromatic rings. The molecule has 0 saturated carbocycles. The Morgan fingerprint density at radius 2 is 2.12 bits per heavy atom. The first kappa shape index (κ1) is 12.1. The number of nitrogens with zero attached hydrogens (tertiary/aromatic N) is 3. The van der Waals surface area contributed by atoms with Crippen LogP contribution in [0.5, 0.6) is 0 Å². The highest BCUT2D eigenvalue weighted by atomic mass is 79.9. The van der Waals surface area contributed by atoms with Crippen molar-refractivity contribution < 1.29 is 0 Å². The molecule has 2 heterocycles. The maximum atomic E-state index is 8.88. The Morgan fingerprint density at radius 3 is 2.76 bits per heavy atom. The minimum atomic E-state index is 0.622. The highest BCUT2D eigenvalue weighted by Gasteiger charge is 2.03. The molecule has 3 nitrogen and oxygen atoms in total. The molecule has 0 aliphatic rings. The van der Waals surface area contributed by atoms with Crippen LogP contribution in [0.2, 0.25) is 0 Å². The molecule has 0 amide bonds. The van der Waals surface area contributed by atoms with Crippen LogP contribution in [0.15, 0.2) is 45.0 Å². The first-order valence-electron chi connectivity index (χ1n) is 4.85. The third-order valence-corrected chi connectivity index (χ3v) is 3.31. The average molecular weight is 306 g/mol. The zero-order valence-electron chi connectivity index (χ0n) is 9.01. The molecule has 0 N–H and O–H groups in total. The molecule has 0 radical (unpaired) electrons. The number of aryl methyl sites for hydroxylation is 1.